The van der Waals surface area contributed by atoms with Crippen LogP contribution < -0.4 is 9.80 Å². The summed E-state index contributed by atoms with van der Waals surface area (Å²) in [7, 11) is 0. The van der Waals surface area contributed by atoms with E-state index in [1.54, 1.807) is 17.2 Å². The largest absolute Gasteiger partial charge is 0.396 e. The maximum absolute atomic E-state index is 13.5. The number of thiocarbonyl (C=S) groups is 1. The Kier molecular flexibility index (Phi) is 5.07. The third kappa shape index (κ3) is 3.09. The quantitative estimate of drug-likeness (QED) is 0.602. The minimum Gasteiger partial charge on any atom is -0.396 e. The molecule has 1 aliphatic carbocycles. The minimum atomic E-state index is -0.629. The van der Waals surface area contributed by atoms with Gasteiger partial charge in [0.25, 0.3) is 11.7 Å². The van der Waals surface area contributed by atoms with Crippen molar-refractivity contribution in [3.8, 4) is 0 Å². The van der Waals surface area contributed by atoms with Gasteiger partial charge >= 0.3 is 0 Å². The second kappa shape index (κ2) is 7.54. The zero-order chi connectivity index (χ0) is 20.6. The van der Waals surface area contributed by atoms with Crippen LogP contribution in [0.5, 0.6) is 0 Å². The Hall–Kier alpha value is -2.82. The van der Waals surface area contributed by atoms with Crippen LogP contribution in [0.3, 0.4) is 0 Å². The highest BCUT2D eigenvalue weighted by molar-refractivity contribution is 7.81. The first-order valence-electron chi connectivity index (χ1n) is 9.74. The number of nitrogens with zero attached hydrogens (tertiary/aromatic N) is 4. The van der Waals surface area contributed by atoms with Gasteiger partial charge in [0.1, 0.15) is 11.7 Å². The molecule has 1 amide bonds. The summed E-state index contributed by atoms with van der Waals surface area (Å²) in [5.74, 6) is 0.315. The van der Waals surface area contributed by atoms with Gasteiger partial charge in [-0.2, -0.15) is 0 Å². The van der Waals surface area contributed by atoms with Gasteiger partial charge in [0.15, 0.2) is 5.11 Å². The van der Waals surface area contributed by atoms with Gasteiger partial charge in [0.2, 0.25) is 0 Å². The van der Waals surface area contributed by atoms with E-state index in [0.29, 0.717) is 16.6 Å². The van der Waals surface area contributed by atoms with E-state index in [1.807, 2.05) is 36.1 Å². The van der Waals surface area contributed by atoms with E-state index in [2.05, 4.69) is 9.83 Å². The number of carbonyl (C=O) groups is 1. The monoisotopic (exact) mass is 406 g/mol. The molecule has 4 rings (SSSR count). The summed E-state index contributed by atoms with van der Waals surface area (Å²) in [5.41, 5.74) is 2.76. The molecule has 2 aromatic rings. The van der Waals surface area contributed by atoms with Gasteiger partial charge in [-0.3, -0.25) is 9.69 Å². The smallest absolute Gasteiger partial charge is 0.272 e. The molecule has 1 spiro atoms. The zero-order valence-corrected chi connectivity index (χ0v) is 17.1. The average Bonchev–Trinajstić information content (AvgIpc) is 2.93. The van der Waals surface area contributed by atoms with E-state index in [9.17, 15) is 4.79 Å². The van der Waals surface area contributed by atoms with Crippen LogP contribution in [-0.4, -0.2) is 33.3 Å². The van der Waals surface area contributed by atoms with E-state index < -0.39 is 5.54 Å². The summed E-state index contributed by atoms with van der Waals surface area (Å²) < 4.78 is 0. The van der Waals surface area contributed by atoms with Crippen molar-refractivity contribution < 1.29 is 9.90 Å². The van der Waals surface area contributed by atoms with Crippen molar-refractivity contribution in [2.75, 3.05) is 16.4 Å². The van der Waals surface area contributed by atoms with Crippen molar-refractivity contribution in [3.63, 3.8) is 0 Å². The number of benzene rings is 1. The predicted molar refractivity (Wildman–Crippen MR) is 116 cm³/mol. The number of rotatable bonds is 5. The number of aryl methyl sites for hydroxylation is 2. The van der Waals surface area contributed by atoms with Crippen LogP contribution in [0.15, 0.2) is 36.5 Å². The van der Waals surface area contributed by atoms with Crippen LogP contribution in [0.1, 0.15) is 36.8 Å². The van der Waals surface area contributed by atoms with Crippen molar-refractivity contribution in [2.45, 2.75) is 44.6 Å². The van der Waals surface area contributed by atoms with Crippen LogP contribution in [-0.2, 0) is 11.2 Å². The molecule has 7 heteroatoms. The molecule has 2 aliphatic rings. The Morgan fingerprint density at radius 2 is 2.00 bits per heavy atom. The molecule has 1 aromatic carbocycles. The van der Waals surface area contributed by atoms with Crippen molar-refractivity contribution in [2.24, 2.45) is 0 Å². The first-order chi connectivity index (χ1) is 14.0. The van der Waals surface area contributed by atoms with E-state index in [-0.39, 0.29) is 12.5 Å². The Bertz CT molecular complexity index is 1010. The molecular weight excluding hydrogens is 384 g/mol. The highest BCUT2D eigenvalue weighted by Crippen LogP contribution is 2.47. The lowest BCUT2D eigenvalue weighted by Crippen LogP contribution is -2.55. The summed E-state index contributed by atoms with van der Waals surface area (Å²) in [5, 5.41) is 9.48. The summed E-state index contributed by atoms with van der Waals surface area (Å²) >= 11 is 5.77. The maximum atomic E-state index is 13.5. The van der Waals surface area contributed by atoms with Crippen molar-refractivity contribution in [1.29, 1.82) is 0 Å². The summed E-state index contributed by atoms with van der Waals surface area (Å²) in [6.45, 7) is 9.17. The third-order valence-corrected chi connectivity index (χ3v) is 6.18. The lowest BCUT2D eigenvalue weighted by Gasteiger charge is -2.43. The molecule has 2 heterocycles. The molecule has 2 fully saturated rings. The molecular formula is C22H22N4O2S. The standard InChI is InChI=1S/C22H22N4O2S/c1-15-13-18(14-24-19(15)23-2)25-20(28)22(10-4-11-22)26(21(25)29)17-8-6-16(7-9-17)5-3-12-27/h6-9,13-14,27H,3-5,10-12H2,1H3. The van der Waals surface area contributed by atoms with E-state index in [4.69, 9.17) is 23.9 Å². The summed E-state index contributed by atoms with van der Waals surface area (Å²) in [6.07, 6.45) is 5.61. The highest BCUT2D eigenvalue weighted by Gasteiger charge is 2.59. The fourth-order valence-electron chi connectivity index (χ4n) is 4.10. The first kappa shape index (κ1) is 19.5. The van der Waals surface area contributed by atoms with E-state index in [0.717, 1.165) is 48.9 Å². The van der Waals surface area contributed by atoms with Crippen LogP contribution in [0.25, 0.3) is 4.85 Å². The number of amides is 1. The molecule has 1 saturated heterocycles. The number of hydrogen-bond acceptors (Lipinski definition) is 4. The zero-order valence-electron chi connectivity index (χ0n) is 16.3. The average molecular weight is 407 g/mol. The van der Waals surface area contributed by atoms with Crippen LogP contribution >= 0.6 is 12.2 Å². The lowest BCUT2D eigenvalue weighted by molar-refractivity contribution is -0.123. The Morgan fingerprint density at radius 1 is 1.28 bits per heavy atom. The molecule has 1 saturated carbocycles. The lowest BCUT2D eigenvalue weighted by atomic mass is 9.75. The predicted octanol–water partition coefficient (Wildman–Crippen LogP) is 3.93. The summed E-state index contributed by atoms with van der Waals surface area (Å²) in [6, 6.07) is 9.87. The SMILES string of the molecule is [C-]#[N+]c1ncc(N2C(=O)C3(CCC3)N(c3ccc(CCCO)cc3)C2=S)cc1C. The highest BCUT2D eigenvalue weighted by atomic mass is 32.1. The normalized spacial score (nSPS) is 17.6. The number of aliphatic hydroxyl groups is 1. The van der Waals surface area contributed by atoms with Crippen molar-refractivity contribution in [1.82, 2.24) is 4.98 Å². The van der Waals surface area contributed by atoms with Gasteiger partial charge in [-0.15, -0.1) is 4.98 Å². The number of aliphatic hydroxyl groups excluding tert-OH is 1. The number of carbonyl (C=O) groups excluding carboxylic acids is 1. The number of pyridine rings is 1. The minimum absolute atomic E-state index is 0.0186. The fourth-order valence-corrected chi connectivity index (χ4v) is 4.56. The molecule has 1 aromatic heterocycles. The van der Waals surface area contributed by atoms with Gasteiger partial charge in [-0.05, 0) is 80.6 Å². The van der Waals surface area contributed by atoms with Crippen LogP contribution in [0.2, 0.25) is 0 Å². The Labute approximate surface area is 175 Å². The van der Waals surface area contributed by atoms with E-state index >= 15 is 0 Å². The molecule has 6 nitrogen and oxygen atoms in total. The molecule has 0 unspecified atom stereocenters. The number of hydrogen-bond donors (Lipinski definition) is 1. The van der Waals surface area contributed by atoms with Crippen LogP contribution in [0, 0.1) is 13.5 Å². The molecule has 29 heavy (non-hydrogen) atoms. The van der Waals surface area contributed by atoms with Gasteiger partial charge in [-0.1, -0.05) is 18.7 Å². The number of anilines is 2. The maximum Gasteiger partial charge on any atom is 0.272 e. The fraction of sp³-hybridized carbons (Fsp3) is 0.364. The Balaban J connectivity index is 1.70. The second-order valence-electron chi connectivity index (χ2n) is 7.58. The molecule has 1 N–H and O–H groups in total. The third-order valence-electron chi connectivity index (χ3n) is 5.81. The van der Waals surface area contributed by atoms with Gasteiger partial charge < -0.3 is 14.9 Å². The summed E-state index contributed by atoms with van der Waals surface area (Å²) in [4.78, 5) is 24.6. The van der Waals surface area contributed by atoms with Gasteiger partial charge in [0, 0.05) is 12.3 Å². The molecule has 0 atom stereocenters. The Morgan fingerprint density at radius 3 is 2.55 bits per heavy atom. The molecule has 0 radical (unpaired) electrons. The van der Waals surface area contributed by atoms with Crippen molar-refractivity contribution >= 4 is 40.4 Å². The van der Waals surface area contributed by atoms with Gasteiger partial charge in [-0.25, -0.2) is 0 Å². The number of aromatic nitrogens is 1. The molecule has 148 valence electrons. The van der Waals surface area contributed by atoms with Crippen LogP contribution in [0.4, 0.5) is 17.2 Å². The van der Waals surface area contributed by atoms with Crippen molar-refractivity contribution in [3.05, 3.63) is 59.1 Å². The second-order valence-corrected chi connectivity index (χ2v) is 7.95. The molecule has 0 bridgehead atoms. The topological polar surface area (TPSA) is 61.0 Å². The first-order valence-corrected chi connectivity index (χ1v) is 10.2. The molecule has 1 aliphatic heterocycles. The van der Waals surface area contributed by atoms with E-state index in [1.165, 1.54) is 0 Å². The van der Waals surface area contributed by atoms with Gasteiger partial charge in [0.05, 0.1) is 5.69 Å².